The number of tetrazole rings is 1. The molecular formula is C9H10N4O3. The van der Waals surface area contributed by atoms with Crippen LogP contribution in [0.4, 0.5) is 0 Å². The third kappa shape index (κ3) is 1.79. The van der Waals surface area contributed by atoms with Crippen molar-refractivity contribution in [3.63, 3.8) is 0 Å². The van der Waals surface area contributed by atoms with Gasteiger partial charge in [0.25, 0.3) is 0 Å². The van der Waals surface area contributed by atoms with E-state index in [0.29, 0.717) is 11.6 Å². The average molecular weight is 222 g/mol. The Bertz CT molecular complexity index is 477. The number of methoxy groups -OCH3 is 1. The van der Waals surface area contributed by atoms with Gasteiger partial charge in [-0.1, -0.05) is 0 Å². The van der Waals surface area contributed by atoms with Crippen LogP contribution in [-0.4, -0.2) is 33.3 Å². The van der Waals surface area contributed by atoms with Crippen molar-refractivity contribution >= 4 is 5.97 Å². The first kappa shape index (κ1) is 10.3. The van der Waals surface area contributed by atoms with Gasteiger partial charge in [-0.2, -0.15) is 0 Å². The molecular weight excluding hydrogens is 212 g/mol. The summed E-state index contributed by atoms with van der Waals surface area (Å²) in [6.45, 7) is 1.62. The highest BCUT2D eigenvalue weighted by Crippen LogP contribution is 2.14. The van der Waals surface area contributed by atoms with Gasteiger partial charge in [-0.15, -0.1) is 15.0 Å². The summed E-state index contributed by atoms with van der Waals surface area (Å²) in [4.78, 5) is 12.4. The summed E-state index contributed by atoms with van der Waals surface area (Å²) in [6, 6.07) is 2.82. The van der Waals surface area contributed by atoms with Gasteiger partial charge in [0, 0.05) is 0 Å². The van der Waals surface area contributed by atoms with Gasteiger partial charge in [0.2, 0.25) is 5.82 Å². The summed E-state index contributed by atoms with van der Waals surface area (Å²) in [5.74, 6) is 0.410. The van der Waals surface area contributed by atoms with Gasteiger partial charge in [-0.25, -0.2) is 4.79 Å². The molecule has 0 N–H and O–H groups in total. The lowest BCUT2D eigenvalue weighted by Crippen LogP contribution is -2.20. The van der Waals surface area contributed by atoms with Crippen LogP contribution in [0.2, 0.25) is 0 Å². The second-order valence-corrected chi connectivity index (χ2v) is 3.11. The molecule has 0 radical (unpaired) electrons. The number of ether oxygens (including phenoxy) is 1. The van der Waals surface area contributed by atoms with Crippen LogP contribution in [0, 0.1) is 0 Å². The molecule has 2 heterocycles. The summed E-state index contributed by atoms with van der Waals surface area (Å²) in [5, 5.41) is 11.6. The molecule has 0 saturated carbocycles. The standard InChI is InChI=1S/C9H10N4O3/c1-6(9(14)15-2)13-11-8(10-12-13)7-4-3-5-16-7/h3-6H,1-2H3/t6-/m1/s1. The van der Waals surface area contributed by atoms with Crippen molar-refractivity contribution in [3.05, 3.63) is 18.4 Å². The van der Waals surface area contributed by atoms with E-state index in [4.69, 9.17) is 4.42 Å². The van der Waals surface area contributed by atoms with Crippen LogP contribution >= 0.6 is 0 Å². The van der Waals surface area contributed by atoms with Crippen molar-refractivity contribution in [1.82, 2.24) is 20.2 Å². The highest BCUT2D eigenvalue weighted by Gasteiger charge is 2.19. The maximum atomic E-state index is 11.2. The predicted molar refractivity (Wildman–Crippen MR) is 52.2 cm³/mol. The van der Waals surface area contributed by atoms with E-state index in [2.05, 4.69) is 20.1 Å². The maximum Gasteiger partial charge on any atom is 0.332 e. The minimum atomic E-state index is -0.610. The topological polar surface area (TPSA) is 83.0 Å². The van der Waals surface area contributed by atoms with Gasteiger partial charge in [0.15, 0.2) is 11.8 Å². The third-order valence-electron chi connectivity index (χ3n) is 2.06. The molecule has 0 fully saturated rings. The van der Waals surface area contributed by atoms with E-state index in [1.165, 1.54) is 18.2 Å². The molecule has 16 heavy (non-hydrogen) atoms. The molecule has 0 aromatic carbocycles. The monoisotopic (exact) mass is 222 g/mol. The molecule has 0 bridgehead atoms. The zero-order valence-corrected chi connectivity index (χ0v) is 8.82. The van der Waals surface area contributed by atoms with Crippen molar-refractivity contribution < 1.29 is 13.9 Å². The van der Waals surface area contributed by atoms with E-state index in [-0.39, 0.29) is 0 Å². The van der Waals surface area contributed by atoms with E-state index in [0.717, 1.165) is 0 Å². The lowest BCUT2D eigenvalue weighted by Gasteiger charge is -2.05. The van der Waals surface area contributed by atoms with Gasteiger partial charge in [-0.05, 0) is 24.3 Å². The third-order valence-corrected chi connectivity index (χ3v) is 2.06. The Morgan fingerprint density at radius 2 is 2.44 bits per heavy atom. The Morgan fingerprint density at radius 3 is 3.06 bits per heavy atom. The first-order valence-electron chi connectivity index (χ1n) is 4.63. The van der Waals surface area contributed by atoms with Crippen molar-refractivity contribution in [3.8, 4) is 11.6 Å². The number of hydrogen-bond donors (Lipinski definition) is 0. The van der Waals surface area contributed by atoms with Gasteiger partial charge in [-0.3, -0.25) is 0 Å². The van der Waals surface area contributed by atoms with Crippen LogP contribution in [0.25, 0.3) is 11.6 Å². The minimum Gasteiger partial charge on any atom is -0.467 e. The second-order valence-electron chi connectivity index (χ2n) is 3.11. The predicted octanol–water partition coefficient (Wildman–Crippen LogP) is 0.667. The van der Waals surface area contributed by atoms with Crippen molar-refractivity contribution in [1.29, 1.82) is 0 Å². The molecule has 7 nitrogen and oxygen atoms in total. The zero-order valence-electron chi connectivity index (χ0n) is 8.82. The van der Waals surface area contributed by atoms with Gasteiger partial charge < -0.3 is 9.15 Å². The van der Waals surface area contributed by atoms with E-state index in [1.807, 2.05) is 0 Å². The summed E-state index contributed by atoms with van der Waals surface area (Å²) >= 11 is 0. The van der Waals surface area contributed by atoms with Crippen molar-refractivity contribution in [2.75, 3.05) is 7.11 Å². The Balaban J connectivity index is 2.23. The van der Waals surface area contributed by atoms with Crippen LogP contribution < -0.4 is 0 Å². The highest BCUT2D eigenvalue weighted by molar-refractivity contribution is 5.73. The Labute approximate surface area is 91.0 Å². The van der Waals surface area contributed by atoms with E-state index < -0.39 is 12.0 Å². The van der Waals surface area contributed by atoms with Gasteiger partial charge >= 0.3 is 5.97 Å². The summed E-state index contributed by atoms with van der Waals surface area (Å²) in [5.41, 5.74) is 0. The normalized spacial score (nSPS) is 12.4. The fourth-order valence-electron chi connectivity index (χ4n) is 1.16. The molecule has 0 unspecified atom stereocenters. The Hall–Kier alpha value is -2.18. The average Bonchev–Trinajstić information content (AvgIpc) is 2.96. The number of furan rings is 1. The first-order valence-corrected chi connectivity index (χ1v) is 4.63. The number of nitrogens with zero attached hydrogens (tertiary/aromatic N) is 4. The summed E-state index contributed by atoms with van der Waals surface area (Å²) < 4.78 is 9.68. The fourth-order valence-corrected chi connectivity index (χ4v) is 1.16. The molecule has 2 aromatic heterocycles. The van der Waals surface area contributed by atoms with Crippen molar-refractivity contribution in [2.24, 2.45) is 0 Å². The summed E-state index contributed by atoms with van der Waals surface area (Å²) in [7, 11) is 1.31. The largest absolute Gasteiger partial charge is 0.467 e. The number of carbonyl (C=O) groups is 1. The first-order chi connectivity index (χ1) is 7.72. The number of esters is 1. The molecule has 0 aliphatic rings. The van der Waals surface area contributed by atoms with Crippen LogP contribution in [0.5, 0.6) is 0 Å². The number of hydrogen-bond acceptors (Lipinski definition) is 6. The smallest absolute Gasteiger partial charge is 0.332 e. The molecule has 0 saturated heterocycles. The minimum absolute atomic E-state index is 0.334. The molecule has 84 valence electrons. The van der Waals surface area contributed by atoms with Gasteiger partial charge in [0.1, 0.15) is 0 Å². The Morgan fingerprint density at radius 1 is 1.62 bits per heavy atom. The van der Waals surface area contributed by atoms with Crippen LogP contribution in [0.15, 0.2) is 22.8 Å². The molecule has 1 atom stereocenters. The zero-order chi connectivity index (χ0) is 11.5. The second kappa shape index (κ2) is 4.13. The van der Waals surface area contributed by atoms with Crippen molar-refractivity contribution in [2.45, 2.75) is 13.0 Å². The van der Waals surface area contributed by atoms with Crippen LogP contribution in [-0.2, 0) is 9.53 Å². The lowest BCUT2D eigenvalue weighted by molar-refractivity contribution is -0.144. The molecule has 2 rings (SSSR count). The van der Waals surface area contributed by atoms with Gasteiger partial charge in [0.05, 0.1) is 13.4 Å². The molecule has 0 aliphatic carbocycles. The number of aromatic nitrogens is 4. The molecule has 7 heteroatoms. The van der Waals surface area contributed by atoms with E-state index in [1.54, 1.807) is 19.1 Å². The molecule has 0 aliphatic heterocycles. The molecule has 2 aromatic rings. The van der Waals surface area contributed by atoms with E-state index in [9.17, 15) is 4.79 Å². The van der Waals surface area contributed by atoms with Crippen LogP contribution in [0.1, 0.15) is 13.0 Å². The fraction of sp³-hybridized carbons (Fsp3) is 0.333. The van der Waals surface area contributed by atoms with E-state index >= 15 is 0 Å². The highest BCUT2D eigenvalue weighted by atomic mass is 16.5. The Kier molecular flexibility index (Phi) is 2.67. The maximum absolute atomic E-state index is 11.2. The quantitative estimate of drug-likeness (QED) is 0.709. The number of rotatable bonds is 3. The lowest BCUT2D eigenvalue weighted by atomic mass is 10.4. The van der Waals surface area contributed by atoms with Crippen LogP contribution in [0.3, 0.4) is 0 Å². The molecule has 0 amide bonds. The number of carbonyl (C=O) groups excluding carboxylic acids is 1. The summed E-state index contributed by atoms with van der Waals surface area (Å²) in [6.07, 6.45) is 1.51. The molecule has 0 spiro atoms. The SMILES string of the molecule is COC(=O)[C@@H](C)n1nnc(-c2ccco2)n1.